The van der Waals surface area contributed by atoms with Crippen molar-refractivity contribution in [2.45, 2.75) is 47.1 Å². The zero-order valence-electron chi connectivity index (χ0n) is 11.5. The van der Waals surface area contributed by atoms with E-state index in [4.69, 9.17) is 0 Å². The molecule has 0 aliphatic rings. The van der Waals surface area contributed by atoms with Crippen LogP contribution in [-0.2, 0) is 0 Å². The first kappa shape index (κ1) is 14.9. The van der Waals surface area contributed by atoms with Gasteiger partial charge in [0.05, 0.1) is 0 Å². The minimum Gasteiger partial charge on any atom is -0.318 e. The van der Waals surface area contributed by atoms with Crippen LogP contribution in [0.3, 0.4) is 0 Å². The molecule has 2 nitrogen and oxygen atoms in total. The van der Waals surface area contributed by atoms with Crippen LogP contribution in [0, 0.1) is 11.8 Å². The standard InChI is InChI=1S/C13H30N2/c1-7-13(8-14-6)15(9-11(2)3)10-12(4)5/h11-14H,7-10H2,1-6H3. The van der Waals surface area contributed by atoms with Crippen molar-refractivity contribution in [3.63, 3.8) is 0 Å². The quantitative estimate of drug-likeness (QED) is 0.668. The average Bonchev–Trinajstić information content (AvgIpc) is 2.11. The van der Waals surface area contributed by atoms with E-state index in [1.54, 1.807) is 0 Å². The van der Waals surface area contributed by atoms with E-state index < -0.39 is 0 Å². The van der Waals surface area contributed by atoms with Crippen LogP contribution in [0.5, 0.6) is 0 Å². The fourth-order valence-electron chi connectivity index (χ4n) is 2.08. The molecule has 1 N–H and O–H groups in total. The van der Waals surface area contributed by atoms with Gasteiger partial charge in [-0.3, -0.25) is 4.90 Å². The molecule has 0 spiro atoms. The molecule has 1 unspecified atom stereocenters. The number of rotatable bonds is 8. The lowest BCUT2D eigenvalue weighted by atomic mass is 10.1. The third-order valence-corrected chi connectivity index (χ3v) is 2.63. The predicted octanol–water partition coefficient (Wildman–Crippen LogP) is 2.60. The van der Waals surface area contributed by atoms with Gasteiger partial charge in [0.2, 0.25) is 0 Å². The number of nitrogens with one attached hydrogen (secondary N) is 1. The molecule has 0 aromatic heterocycles. The zero-order valence-corrected chi connectivity index (χ0v) is 11.5. The summed E-state index contributed by atoms with van der Waals surface area (Å²) in [6.45, 7) is 15.1. The molecule has 0 aromatic rings. The number of nitrogens with zero attached hydrogens (tertiary/aromatic N) is 1. The van der Waals surface area contributed by atoms with E-state index in [0.29, 0.717) is 6.04 Å². The summed E-state index contributed by atoms with van der Waals surface area (Å²) in [6.07, 6.45) is 1.24. The Hall–Kier alpha value is -0.0800. The van der Waals surface area contributed by atoms with Crippen molar-refractivity contribution in [3.8, 4) is 0 Å². The Kier molecular flexibility index (Phi) is 8.07. The molecule has 0 aliphatic carbocycles. The predicted molar refractivity (Wildman–Crippen MR) is 69.3 cm³/mol. The van der Waals surface area contributed by atoms with E-state index in [0.717, 1.165) is 18.4 Å². The molecule has 1 atom stereocenters. The molecule has 2 heteroatoms. The smallest absolute Gasteiger partial charge is 0.0218 e. The Morgan fingerprint density at radius 2 is 1.47 bits per heavy atom. The molecule has 15 heavy (non-hydrogen) atoms. The third kappa shape index (κ3) is 6.91. The lowest BCUT2D eigenvalue weighted by Crippen LogP contribution is -2.44. The van der Waals surface area contributed by atoms with Gasteiger partial charge in [-0.1, -0.05) is 34.6 Å². The lowest BCUT2D eigenvalue weighted by Gasteiger charge is -2.33. The van der Waals surface area contributed by atoms with E-state index in [1.165, 1.54) is 19.5 Å². The molecule has 0 rings (SSSR count). The lowest BCUT2D eigenvalue weighted by molar-refractivity contribution is 0.151. The van der Waals surface area contributed by atoms with Crippen LogP contribution in [0.1, 0.15) is 41.0 Å². The maximum atomic E-state index is 3.30. The summed E-state index contributed by atoms with van der Waals surface area (Å²) >= 11 is 0. The highest BCUT2D eigenvalue weighted by molar-refractivity contribution is 4.74. The minimum absolute atomic E-state index is 0.694. The summed E-state index contributed by atoms with van der Waals surface area (Å²) in [5.74, 6) is 1.52. The van der Waals surface area contributed by atoms with Crippen LogP contribution in [0.2, 0.25) is 0 Å². The first-order chi connectivity index (χ1) is 7.01. The molecule has 0 aromatic carbocycles. The van der Waals surface area contributed by atoms with Crippen LogP contribution >= 0.6 is 0 Å². The van der Waals surface area contributed by atoms with Crippen molar-refractivity contribution in [1.82, 2.24) is 10.2 Å². The van der Waals surface area contributed by atoms with Gasteiger partial charge in [-0.05, 0) is 25.3 Å². The van der Waals surface area contributed by atoms with Gasteiger partial charge in [0.15, 0.2) is 0 Å². The van der Waals surface area contributed by atoms with Gasteiger partial charge in [-0.15, -0.1) is 0 Å². The Morgan fingerprint density at radius 1 is 1.00 bits per heavy atom. The monoisotopic (exact) mass is 214 g/mol. The fourth-order valence-corrected chi connectivity index (χ4v) is 2.08. The van der Waals surface area contributed by atoms with Gasteiger partial charge in [-0.2, -0.15) is 0 Å². The van der Waals surface area contributed by atoms with Gasteiger partial charge >= 0.3 is 0 Å². The van der Waals surface area contributed by atoms with E-state index in [2.05, 4.69) is 44.8 Å². The van der Waals surface area contributed by atoms with Crippen LogP contribution < -0.4 is 5.32 Å². The van der Waals surface area contributed by atoms with Gasteiger partial charge in [0, 0.05) is 25.7 Å². The van der Waals surface area contributed by atoms with E-state index in [-0.39, 0.29) is 0 Å². The maximum Gasteiger partial charge on any atom is 0.0218 e. The van der Waals surface area contributed by atoms with Crippen molar-refractivity contribution >= 4 is 0 Å². The molecule has 92 valence electrons. The van der Waals surface area contributed by atoms with Gasteiger partial charge in [0.1, 0.15) is 0 Å². The second kappa shape index (κ2) is 8.12. The van der Waals surface area contributed by atoms with Crippen LogP contribution in [-0.4, -0.2) is 37.6 Å². The topological polar surface area (TPSA) is 15.3 Å². The van der Waals surface area contributed by atoms with E-state index in [9.17, 15) is 0 Å². The molecular formula is C13H30N2. The highest BCUT2D eigenvalue weighted by Crippen LogP contribution is 2.10. The summed E-state index contributed by atoms with van der Waals surface area (Å²) in [7, 11) is 2.05. The number of likely N-dealkylation sites (N-methyl/N-ethyl adjacent to an activating group) is 1. The van der Waals surface area contributed by atoms with Gasteiger partial charge < -0.3 is 5.32 Å². The Bertz CT molecular complexity index is 133. The fraction of sp³-hybridized carbons (Fsp3) is 1.00. The maximum absolute atomic E-state index is 3.30. The third-order valence-electron chi connectivity index (χ3n) is 2.63. The molecule has 0 fully saturated rings. The van der Waals surface area contributed by atoms with Gasteiger partial charge in [-0.25, -0.2) is 0 Å². The highest BCUT2D eigenvalue weighted by Gasteiger charge is 2.17. The van der Waals surface area contributed by atoms with E-state index >= 15 is 0 Å². The van der Waals surface area contributed by atoms with E-state index in [1.807, 2.05) is 7.05 Å². The Balaban J connectivity index is 4.28. The molecule has 0 saturated carbocycles. The number of hydrogen-bond acceptors (Lipinski definition) is 2. The summed E-state index contributed by atoms with van der Waals surface area (Å²) < 4.78 is 0. The average molecular weight is 214 g/mol. The number of hydrogen-bond donors (Lipinski definition) is 1. The first-order valence-corrected chi connectivity index (χ1v) is 6.39. The van der Waals surface area contributed by atoms with Crippen molar-refractivity contribution in [2.24, 2.45) is 11.8 Å². The van der Waals surface area contributed by atoms with Crippen molar-refractivity contribution in [1.29, 1.82) is 0 Å². The zero-order chi connectivity index (χ0) is 11.8. The second-order valence-electron chi connectivity index (χ2n) is 5.36. The van der Waals surface area contributed by atoms with Crippen LogP contribution in [0.4, 0.5) is 0 Å². The van der Waals surface area contributed by atoms with Crippen molar-refractivity contribution < 1.29 is 0 Å². The summed E-state index contributed by atoms with van der Waals surface area (Å²) in [5, 5.41) is 3.30. The summed E-state index contributed by atoms with van der Waals surface area (Å²) in [6, 6.07) is 0.694. The molecule has 0 heterocycles. The summed E-state index contributed by atoms with van der Waals surface area (Å²) in [5.41, 5.74) is 0. The molecule has 0 amide bonds. The molecule has 0 bridgehead atoms. The first-order valence-electron chi connectivity index (χ1n) is 6.39. The van der Waals surface area contributed by atoms with Gasteiger partial charge in [0.25, 0.3) is 0 Å². The van der Waals surface area contributed by atoms with Crippen molar-refractivity contribution in [2.75, 3.05) is 26.7 Å². The Morgan fingerprint density at radius 3 is 1.73 bits per heavy atom. The molecule has 0 aliphatic heterocycles. The molecular weight excluding hydrogens is 184 g/mol. The Labute approximate surface area is 96.4 Å². The molecule has 0 saturated heterocycles. The van der Waals surface area contributed by atoms with Crippen LogP contribution in [0.15, 0.2) is 0 Å². The van der Waals surface area contributed by atoms with Crippen molar-refractivity contribution in [3.05, 3.63) is 0 Å². The largest absolute Gasteiger partial charge is 0.318 e. The minimum atomic E-state index is 0.694. The second-order valence-corrected chi connectivity index (χ2v) is 5.36. The van der Waals surface area contributed by atoms with Crippen LogP contribution in [0.25, 0.3) is 0 Å². The normalized spacial score (nSPS) is 14.2. The summed E-state index contributed by atoms with van der Waals surface area (Å²) in [4.78, 5) is 2.64. The highest BCUT2D eigenvalue weighted by atomic mass is 15.2. The molecule has 0 radical (unpaired) electrons. The SMILES string of the molecule is CCC(CNC)N(CC(C)C)CC(C)C.